The number of ether oxygens (including phenoxy) is 2. The second kappa shape index (κ2) is 5.64. The van der Waals surface area contributed by atoms with E-state index in [1.165, 1.54) is 7.11 Å². The highest BCUT2D eigenvalue weighted by atomic mass is 16.5. The Kier molecular flexibility index (Phi) is 4.07. The average molecular weight is 288 g/mol. The summed E-state index contributed by atoms with van der Waals surface area (Å²) in [6.45, 7) is 6.05. The summed E-state index contributed by atoms with van der Waals surface area (Å²) >= 11 is 0. The van der Waals surface area contributed by atoms with Gasteiger partial charge in [0, 0.05) is 5.39 Å². The zero-order chi connectivity index (χ0) is 15.7. The minimum absolute atomic E-state index is 0.0658. The van der Waals surface area contributed by atoms with Gasteiger partial charge in [-0.25, -0.2) is 4.79 Å². The first-order valence-electron chi connectivity index (χ1n) is 6.83. The van der Waals surface area contributed by atoms with Gasteiger partial charge >= 0.3 is 5.97 Å². The van der Waals surface area contributed by atoms with Crippen LogP contribution in [0.5, 0.6) is 11.5 Å². The second-order valence-corrected chi connectivity index (χ2v) is 5.37. The van der Waals surface area contributed by atoms with Gasteiger partial charge in [0.15, 0.2) is 0 Å². The van der Waals surface area contributed by atoms with Gasteiger partial charge in [-0.3, -0.25) is 0 Å². The lowest BCUT2D eigenvalue weighted by molar-refractivity contribution is 0.0600. The maximum atomic E-state index is 12.0. The number of carbonyl (C=O) groups excluding carboxylic acids is 1. The Morgan fingerprint density at radius 2 is 1.81 bits per heavy atom. The van der Waals surface area contributed by atoms with Gasteiger partial charge in [0.05, 0.1) is 14.2 Å². The van der Waals surface area contributed by atoms with Crippen molar-refractivity contribution in [1.82, 2.24) is 0 Å². The Labute approximate surface area is 124 Å². The molecule has 4 heteroatoms. The van der Waals surface area contributed by atoms with E-state index < -0.39 is 5.97 Å². The van der Waals surface area contributed by atoms with Gasteiger partial charge in [0.25, 0.3) is 0 Å². The molecule has 0 radical (unpaired) electrons. The Balaban J connectivity index is 2.94. The number of esters is 1. The van der Waals surface area contributed by atoms with E-state index in [1.807, 2.05) is 26.8 Å². The Morgan fingerprint density at radius 1 is 1.14 bits per heavy atom. The molecular weight excluding hydrogens is 268 g/mol. The fraction of sp³-hybridized carbons (Fsp3) is 0.353. The summed E-state index contributed by atoms with van der Waals surface area (Å²) in [5.74, 6) is 0.272. The van der Waals surface area contributed by atoms with E-state index in [0.29, 0.717) is 11.1 Å². The molecule has 2 aromatic rings. The van der Waals surface area contributed by atoms with Gasteiger partial charge < -0.3 is 14.6 Å². The highest BCUT2D eigenvalue weighted by Crippen LogP contribution is 2.37. The molecule has 0 amide bonds. The van der Waals surface area contributed by atoms with Crippen LogP contribution in [0.15, 0.2) is 18.2 Å². The molecule has 1 N–H and O–H groups in total. The molecule has 0 saturated heterocycles. The molecule has 2 rings (SSSR count). The molecular formula is C17H20O4. The number of benzene rings is 2. The number of methoxy groups -OCH3 is 2. The van der Waals surface area contributed by atoms with Crippen molar-refractivity contribution in [1.29, 1.82) is 0 Å². The molecule has 0 atom stereocenters. The first-order valence-corrected chi connectivity index (χ1v) is 6.83. The predicted octanol–water partition coefficient (Wildman–Crippen LogP) is 3.77. The predicted molar refractivity (Wildman–Crippen MR) is 82.3 cm³/mol. The van der Waals surface area contributed by atoms with E-state index in [2.05, 4.69) is 0 Å². The first-order chi connectivity index (χ1) is 9.90. The zero-order valence-corrected chi connectivity index (χ0v) is 13.0. The first kappa shape index (κ1) is 15.2. The molecule has 0 saturated carbocycles. The molecule has 2 aromatic carbocycles. The number of hydrogen-bond acceptors (Lipinski definition) is 4. The Hall–Kier alpha value is -2.23. The smallest absolute Gasteiger partial charge is 0.342 e. The van der Waals surface area contributed by atoms with Crippen LogP contribution in [0.25, 0.3) is 10.8 Å². The molecule has 21 heavy (non-hydrogen) atoms. The highest BCUT2D eigenvalue weighted by molar-refractivity contribution is 6.08. The summed E-state index contributed by atoms with van der Waals surface area (Å²) in [6, 6.07) is 5.41. The molecule has 0 unspecified atom stereocenters. The standard InChI is InChI=1S/C17H20O4/c1-9(2)11-7-14(18)16(17(19)21-5)13-8-15(20-4)10(3)6-12(11)13/h6-9,18H,1-5H3. The van der Waals surface area contributed by atoms with Crippen molar-refractivity contribution in [2.24, 2.45) is 0 Å². The van der Waals surface area contributed by atoms with Crippen LogP contribution in [0.3, 0.4) is 0 Å². The van der Waals surface area contributed by atoms with Crippen molar-refractivity contribution in [2.75, 3.05) is 14.2 Å². The van der Waals surface area contributed by atoms with Crippen LogP contribution in [-0.2, 0) is 4.74 Å². The summed E-state index contributed by atoms with van der Waals surface area (Å²) in [5, 5.41) is 11.8. The van der Waals surface area contributed by atoms with Crippen LogP contribution in [0.1, 0.15) is 41.3 Å². The van der Waals surface area contributed by atoms with E-state index in [-0.39, 0.29) is 17.2 Å². The third-order valence-corrected chi connectivity index (χ3v) is 3.68. The topological polar surface area (TPSA) is 55.8 Å². The monoisotopic (exact) mass is 288 g/mol. The fourth-order valence-corrected chi connectivity index (χ4v) is 2.58. The highest BCUT2D eigenvalue weighted by Gasteiger charge is 2.21. The molecule has 4 nitrogen and oxygen atoms in total. The SMILES string of the molecule is COC(=O)c1c(O)cc(C(C)C)c2cc(C)c(OC)cc12. The summed E-state index contributed by atoms with van der Waals surface area (Å²) in [7, 11) is 2.88. The van der Waals surface area contributed by atoms with Crippen molar-refractivity contribution in [3.05, 3.63) is 34.9 Å². The number of phenols is 1. The van der Waals surface area contributed by atoms with E-state index >= 15 is 0 Å². The average Bonchev–Trinajstić information content (AvgIpc) is 2.45. The minimum Gasteiger partial charge on any atom is -0.507 e. The van der Waals surface area contributed by atoms with Crippen molar-refractivity contribution >= 4 is 16.7 Å². The summed E-state index contributed by atoms with van der Waals surface area (Å²) in [5.41, 5.74) is 2.14. The van der Waals surface area contributed by atoms with E-state index in [1.54, 1.807) is 19.2 Å². The van der Waals surface area contributed by atoms with Gasteiger partial charge in [-0.05, 0) is 47.6 Å². The lowest BCUT2D eigenvalue weighted by atomic mass is 9.91. The van der Waals surface area contributed by atoms with E-state index in [0.717, 1.165) is 16.5 Å². The van der Waals surface area contributed by atoms with Gasteiger partial charge in [0.2, 0.25) is 0 Å². The van der Waals surface area contributed by atoms with Crippen molar-refractivity contribution in [3.8, 4) is 11.5 Å². The number of rotatable bonds is 3. The molecule has 0 aliphatic carbocycles. The summed E-state index contributed by atoms with van der Waals surface area (Å²) in [4.78, 5) is 12.0. The Bertz CT molecular complexity index is 702. The summed E-state index contributed by atoms with van der Waals surface area (Å²) < 4.78 is 10.1. The maximum Gasteiger partial charge on any atom is 0.342 e. The van der Waals surface area contributed by atoms with Crippen LogP contribution in [0, 0.1) is 6.92 Å². The number of aryl methyl sites for hydroxylation is 1. The van der Waals surface area contributed by atoms with Crippen LogP contribution in [-0.4, -0.2) is 25.3 Å². The molecule has 0 fully saturated rings. The number of phenolic OH excluding ortho intramolecular Hbond substituents is 1. The maximum absolute atomic E-state index is 12.0. The van der Waals surface area contributed by atoms with E-state index in [9.17, 15) is 9.90 Å². The van der Waals surface area contributed by atoms with Gasteiger partial charge in [-0.2, -0.15) is 0 Å². The van der Waals surface area contributed by atoms with Crippen molar-refractivity contribution in [3.63, 3.8) is 0 Å². The quantitative estimate of drug-likeness (QED) is 0.873. The number of hydrogen-bond donors (Lipinski definition) is 1. The molecule has 0 spiro atoms. The van der Waals surface area contributed by atoms with Crippen LogP contribution in [0.4, 0.5) is 0 Å². The van der Waals surface area contributed by atoms with Gasteiger partial charge in [-0.15, -0.1) is 0 Å². The molecule has 0 bridgehead atoms. The fourth-order valence-electron chi connectivity index (χ4n) is 2.58. The lowest BCUT2D eigenvalue weighted by Gasteiger charge is -2.16. The largest absolute Gasteiger partial charge is 0.507 e. The third-order valence-electron chi connectivity index (χ3n) is 3.68. The molecule has 0 aromatic heterocycles. The normalized spacial score (nSPS) is 11.0. The van der Waals surface area contributed by atoms with Crippen LogP contribution < -0.4 is 4.74 Å². The lowest BCUT2D eigenvalue weighted by Crippen LogP contribution is -2.05. The Morgan fingerprint density at radius 3 is 2.33 bits per heavy atom. The van der Waals surface area contributed by atoms with Gasteiger partial charge in [-0.1, -0.05) is 13.8 Å². The number of fused-ring (bicyclic) bond motifs is 1. The van der Waals surface area contributed by atoms with Crippen LogP contribution >= 0.6 is 0 Å². The number of aromatic hydroxyl groups is 1. The molecule has 0 heterocycles. The summed E-state index contributed by atoms with van der Waals surface area (Å²) in [6.07, 6.45) is 0. The van der Waals surface area contributed by atoms with Crippen molar-refractivity contribution in [2.45, 2.75) is 26.7 Å². The second-order valence-electron chi connectivity index (χ2n) is 5.37. The van der Waals surface area contributed by atoms with Gasteiger partial charge in [0.1, 0.15) is 17.1 Å². The van der Waals surface area contributed by atoms with Crippen LogP contribution in [0.2, 0.25) is 0 Å². The molecule has 0 aliphatic heterocycles. The number of carbonyl (C=O) groups is 1. The minimum atomic E-state index is -0.557. The third kappa shape index (κ3) is 2.53. The molecule has 0 aliphatic rings. The zero-order valence-electron chi connectivity index (χ0n) is 13.0. The van der Waals surface area contributed by atoms with Crippen molar-refractivity contribution < 1.29 is 19.4 Å². The molecule has 112 valence electrons. The van der Waals surface area contributed by atoms with E-state index in [4.69, 9.17) is 9.47 Å².